The first-order chi connectivity index (χ1) is 13.7. The summed E-state index contributed by atoms with van der Waals surface area (Å²) in [4.78, 5) is 27.0. The van der Waals surface area contributed by atoms with Gasteiger partial charge in [-0.2, -0.15) is 0 Å². The Morgan fingerprint density at radius 2 is 1.96 bits per heavy atom. The lowest BCUT2D eigenvalue weighted by molar-refractivity contribution is -0.122. The number of hydrogen-bond acceptors (Lipinski definition) is 4. The number of methoxy groups -OCH3 is 1. The highest BCUT2D eigenvalue weighted by Crippen LogP contribution is 2.28. The predicted molar refractivity (Wildman–Crippen MR) is 111 cm³/mol. The molecule has 1 aromatic carbocycles. The van der Waals surface area contributed by atoms with Gasteiger partial charge in [-0.1, -0.05) is 19.3 Å². The number of hydrogen-bond donors (Lipinski definition) is 2. The average molecular weight is 388 g/mol. The number of nitrogens with zero attached hydrogens (tertiary/aromatic N) is 1. The van der Waals surface area contributed by atoms with E-state index in [2.05, 4.69) is 10.6 Å². The van der Waals surface area contributed by atoms with Gasteiger partial charge in [-0.15, -0.1) is 0 Å². The molecule has 0 spiro atoms. The van der Waals surface area contributed by atoms with Crippen molar-refractivity contribution in [1.29, 1.82) is 0 Å². The Morgan fingerprint density at radius 1 is 1.18 bits per heavy atom. The van der Waals surface area contributed by atoms with Crippen molar-refractivity contribution >= 4 is 17.5 Å². The van der Waals surface area contributed by atoms with Gasteiger partial charge in [-0.25, -0.2) is 0 Å². The molecule has 1 saturated carbocycles. The number of ether oxygens (including phenoxy) is 1. The highest BCUT2D eigenvalue weighted by Gasteiger charge is 2.23. The van der Waals surface area contributed by atoms with Crippen LogP contribution in [0.1, 0.15) is 60.9 Å². The van der Waals surface area contributed by atoms with Gasteiger partial charge in [-0.3, -0.25) is 9.59 Å². The summed E-state index contributed by atoms with van der Waals surface area (Å²) in [6.45, 7) is 3.10. The van der Waals surface area contributed by atoms with Crippen molar-refractivity contribution in [2.75, 3.05) is 38.3 Å². The normalized spacial score (nSPS) is 18.5. The van der Waals surface area contributed by atoms with E-state index in [1.165, 1.54) is 25.7 Å². The van der Waals surface area contributed by atoms with E-state index in [0.29, 0.717) is 24.6 Å². The summed E-state index contributed by atoms with van der Waals surface area (Å²) in [7, 11) is 1.55. The number of benzene rings is 1. The first-order valence-electron chi connectivity index (χ1n) is 10.6. The van der Waals surface area contributed by atoms with Crippen molar-refractivity contribution < 1.29 is 14.3 Å². The maximum absolute atomic E-state index is 12.7. The molecule has 0 radical (unpaired) electrons. The van der Waals surface area contributed by atoms with E-state index in [0.717, 1.165) is 43.6 Å². The number of carbonyl (C=O) groups excluding carboxylic acids is 2. The maximum Gasteiger partial charge on any atom is 0.252 e. The van der Waals surface area contributed by atoms with Crippen molar-refractivity contribution in [2.45, 2.75) is 51.5 Å². The molecule has 1 aromatic rings. The molecular formula is C22H33N3O3. The van der Waals surface area contributed by atoms with Crippen LogP contribution in [0.25, 0.3) is 0 Å². The average Bonchev–Trinajstić information content (AvgIpc) is 3.51. The second kappa shape index (κ2) is 10.6. The fourth-order valence-corrected chi connectivity index (χ4v) is 3.65. The van der Waals surface area contributed by atoms with Crippen molar-refractivity contribution in [2.24, 2.45) is 5.92 Å². The molecule has 6 heteroatoms. The summed E-state index contributed by atoms with van der Waals surface area (Å²) in [5.41, 5.74) is 2.53. The van der Waals surface area contributed by atoms with Gasteiger partial charge in [0.1, 0.15) is 6.61 Å². The number of carbonyl (C=O) groups is 2. The van der Waals surface area contributed by atoms with Crippen LogP contribution < -0.4 is 15.5 Å². The predicted octanol–water partition coefficient (Wildman–Crippen LogP) is 2.86. The van der Waals surface area contributed by atoms with Gasteiger partial charge in [0.25, 0.3) is 11.8 Å². The topological polar surface area (TPSA) is 70.7 Å². The summed E-state index contributed by atoms with van der Waals surface area (Å²) < 4.78 is 5.10. The largest absolute Gasteiger partial charge is 0.375 e. The highest BCUT2D eigenvalue weighted by molar-refractivity contribution is 5.98. The van der Waals surface area contributed by atoms with Crippen LogP contribution >= 0.6 is 0 Å². The summed E-state index contributed by atoms with van der Waals surface area (Å²) in [6, 6.07) is 5.69. The van der Waals surface area contributed by atoms with Gasteiger partial charge in [0, 0.05) is 38.0 Å². The van der Waals surface area contributed by atoms with Crippen molar-refractivity contribution in [3.63, 3.8) is 0 Å². The molecule has 1 aliphatic carbocycles. The van der Waals surface area contributed by atoms with Gasteiger partial charge < -0.3 is 20.3 Å². The molecule has 6 nitrogen and oxygen atoms in total. The van der Waals surface area contributed by atoms with E-state index in [-0.39, 0.29) is 18.4 Å². The molecule has 0 aromatic heterocycles. The summed E-state index contributed by atoms with van der Waals surface area (Å²) in [5.74, 6) is 0.583. The minimum atomic E-state index is -0.0354. The van der Waals surface area contributed by atoms with E-state index in [1.807, 2.05) is 23.1 Å². The van der Waals surface area contributed by atoms with Crippen LogP contribution in [0.5, 0.6) is 0 Å². The van der Waals surface area contributed by atoms with Gasteiger partial charge in [0.05, 0.1) is 0 Å². The number of anilines is 1. The number of nitrogens with one attached hydrogen (secondary N) is 2. The number of fused-ring (bicyclic) bond motifs is 1. The molecule has 0 bridgehead atoms. The van der Waals surface area contributed by atoms with Crippen LogP contribution in [0.4, 0.5) is 5.69 Å². The lowest BCUT2D eigenvalue weighted by atomic mass is 10.0. The van der Waals surface area contributed by atoms with E-state index in [1.54, 1.807) is 7.11 Å². The van der Waals surface area contributed by atoms with E-state index in [4.69, 9.17) is 4.74 Å². The van der Waals surface area contributed by atoms with Gasteiger partial charge >= 0.3 is 0 Å². The minimum Gasteiger partial charge on any atom is -0.375 e. The molecule has 2 N–H and O–H groups in total. The van der Waals surface area contributed by atoms with Gasteiger partial charge in [0.15, 0.2) is 0 Å². The second-order valence-corrected chi connectivity index (χ2v) is 7.92. The molecule has 2 amide bonds. The Morgan fingerprint density at radius 3 is 2.75 bits per heavy atom. The molecule has 0 unspecified atom stereocenters. The first-order valence-corrected chi connectivity index (χ1v) is 10.6. The molecule has 2 aliphatic rings. The monoisotopic (exact) mass is 387 g/mol. The zero-order valence-corrected chi connectivity index (χ0v) is 17.0. The molecule has 0 saturated heterocycles. The van der Waals surface area contributed by atoms with Crippen molar-refractivity contribution in [3.8, 4) is 0 Å². The summed E-state index contributed by atoms with van der Waals surface area (Å²) in [5, 5.41) is 6.51. The van der Waals surface area contributed by atoms with Crippen LogP contribution in [0.3, 0.4) is 0 Å². The summed E-state index contributed by atoms with van der Waals surface area (Å²) >= 11 is 0. The third-order valence-electron chi connectivity index (χ3n) is 5.50. The maximum atomic E-state index is 12.7. The Kier molecular flexibility index (Phi) is 7.86. The van der Waals surface area contributed by atoms with Crippen LogP contribution in [0, 0.1) is 5.92 Å². The zero-order chi connectivity index (χ0) is 19.8. The highest BCUT2D eigenvalue weighted by atomic mass is 16.5. The smallest absolute Gasteiger partial charge is 0.252 e. The standard InChI is InChI=1S/C22H33N3O3/c1-28-16-21(26)25-12-6-4-2-3-5-11-23-15-19-13-18(9-10-20(19)25)22(27)24-14-17-7-8-17/h9-10,13,17,23H,2-8,11-12,14-16H2,1H3,(H,24,27). The quantitative estimate of drug-likeness (QED) is 0.815. The Bertz CT molecular complexity index is 673. The van der Waals surface area contributed by atoms with Crippen LogP contribution in [0.2, 0.25) is 0 Å². The van der Waals surface area contributed by atoms with Gasteiger partial charge in [-0.05, 0) is 61.9 Å². The van der Waals surface area contributed by atoms with Crippen LogP contribution in [0.15, 0.2) is 18.2 Å². The second-order valence-electron chi connectivity index (χ2n) is 7.92. The number of amides is 2. The Labute approximate surface area is 168 Å². The SMILES string of the molecule is COCC(=O)N1CCCCCCCNCc2cc(C(=O)NCC3CC3)ccc21. The van der Waals surface area contributed by atoms with E-state index < -0.39 is 0 Å². The fraction of sp³-hybridized carbons (Fsp3) is 0.636. The molecule has 3 rings (SSSR count). The van der Waals surface area contributed by atoms with E-state index >= 15 is 0 Å². The third kappa shape index (κ3) is 6.04. The van der Waals surface area contributed by atoms with Crippen LogP contribution in [-0.4, -0.2) is 45.2 Å². The molecule has 0 atom stereocenters. The molecule has 1 heterocycles. The van der Waals surface area contributed by atoms with Gasteiger partial charge in [0.2, 0.25) is 0 Å². The summed E-state index contributed by atoms with van der Waals surface area (Å²) in [6.07, 6.45) is 8.08. The molecular weight excluding hydrogens is 354 g/mol. The lowest BCUT2D eigenvalue weighted by Crippen LogP contribution is -2.36. The van der Waals surface area contributed by atoms with E-state index in [9.17, 15) is 9.59 Å². The minimum absolute atomic E-state index is 0.0319. The Hall–Kier alpha value is -1.92. The lowest BCUT2D eigenvalue weighted by Gasteiger charge is -2.26. The van der Waals surface area contributed by atoms with Crippen LogP contribution in [-0.2, 0) is 16.1 Å². The third-order valence-corrected chi connectivity index (χ3v) is 5.50. The van der Waals surface area contributed by atoms with Crippen molar-refractivity contribution in [1.82, 2.24) is 10.6 Å². The first kappa shape index (κ1) is 20.8. The molecule has 28 heavy (non-hydrogen) atoms. The Balaban J connectivity index is 1.82. The zero-order valence-electron chi connectivity index (χ0n) is 17.0. The number of rotatable bonds is 5. The molecule has 154 valence electrons. The fourth-order valence-electron chi connectivity index (χ4n) is 3.65. The molecule has 1 fully saturated rings. The van der Waals surface area contributed by atoms with Crippen molar-refractivity contribution in [3.05, 3.63) is 29.3 Å². The molecule has 1 aliphatic heterocycles.